The molecule has 0 amide bonds. The van der Waals surface area contributed by atoms with Gasteiger partial charge in [0.25, 0.3) is 0 Å². The third-order valence-electron chi connectivity index (χ3n) is 4.38. The zero-order chi connectivity index (χ0) is 15.6. The van der Waals surface area contributed by atoms with E-state index >= 15 is 0 Å². The van der Waals surface area contributed by atoms with E-state index in [-0.39, 0.29) is 52.0 Å². The minimum Gasteiger partial charge on any atom is -0.358 e. The molecule has 2 heteroatoms. The van der Waals surface area contributed by atoms with Crippen molar-refractivity contribution in [2.24, 2.45) is 0 Å². The van der Waals surface area contributed by atoms with Gasteiger partial charge in [-0.1, -0.05) is 48.4 Å². The van der Waals surface area contributed by atoms with Crippen LogP contribution in [0.4, 0.5) is 0 Å². The summed E-state index contributed by atoms with van der Waals surface area (Å²) in [5, 5.41) is 2.69. The monoisotopic (exact) mass is 442 g/mol. The molecule has 0 aromatic heterocycles. The fraction of sp³-hybridized carbons (Fsp3) is 0.0800. The molecule has 4 aromatic rings. The van der Waals surface area contributed by atoms with Crippen molar-refractivity contribution in [2.45, 2.75) is 13.3 Å². The van der Waals surface area contributed by atoms with Crippen LogP contribution in [0.15, 0.2) is 78.9 Å². The first kappa shape index (κ1) is 25.4. The number of benzene rings is 3. The third-order valence-corrected chi connectivity index (χ3v) is 4.38. The SMILES string of the molecule is Cc1cc2ccccc2[cH-]1.[CH3-].[CH3-].[Si].[Zr+4].[c-]1cccc2c1Cc1ccccc1-2. The van der Waals surface area contributed by atoms with Gasteiger partial charge < -0.3 is 14.9 Å². The Morgan fingerprint density at radius 3 is 2.30 bits per heavy atom. The zero-order valence-electron chi connectivity index (χ0n) is 16.2. The Bertz CT molecular complexity index is 892. The van der Waals surface area contributed by atoms with Gasteiger partial charge in [-0.05, 0) is 6.42 Å². The molecule has 27 heavy (non-hydrogen) atoms. The van der Waals surface area contributed by atoms with Gasteiger partial charge in [-0.25, -0.2) is 0 Å². The van der Waals surface area contributed by atoms with E-state index in [4.69, 9.17) is 0 Å². The molecule has 0 nitrogen and oxygen atoms in total. The van der Waals surface area contributed by atoms with E-state index in [0.717, 1.165) is 6.42 Å². The molecule has 0 N–H and O–H groups in total. The standard InChI is InChI=1S/C13H9.C10H9.2CH3.Si.Zr/c1-3-7-12-10(5-1)9-11-6-2-4-8-13(11)12;1-8-6-9-4-2-3-5-10(9)7-8;;;;/h1-5,7-8H,9H2;2-7H,1H3;2*1H3;;/q4*-1;;+4. The van der Waals surface area contributed by atoms with Crippen molar-refractivity contribution >= 4 is 21.7 Å². The second-order valence-corrected chi connectivity index (χ2v) is 6.06. The second-order valence-electron chi connectivity index (χ2n) is 6.06. The molecule has 4 aromatic carbocycles. The fourth-order valence-electron chi connectivity index (χ4n) is 3.30. The molecule has 0 spiro atoms. The molecule has 5 rings (SSSR count). The average Bonchev–Trinajstić information content (AvgIpc) is 3.14. The number of rotatable bonds is 0. The van der Waals surface area contributed by atoms with Gasteiger partial charge in [0, 0.05) is 11.0 Å². The van der Waals surface area contributed by atoms with Crippen LogP contribution >= 0.6 is 0 Å². The first-order valence-electron chi connectivity index (χ1n) is 8.01. The van der Waals surface area contributed by atoms with Crippen LogP contribution in [0.5, 0.6) is 0 Å². The van der Waals surface area contributed by atoms with Crippen molar-refractivity contribution in [3.63, 3.8) is 0 Å². The summed E-state index contributed by atoms with van der Waals surface area (Å²) in [5.74, 6) is 0. The van der Waals surface area contributed by atoms with Crippen LogP contribution < -0.4 is 0 Å². The molecular formula is C25H24SiZr. The van der Waals surface area contributed by atoms with Gasteiger partial charge in [-0.15, -0.1) is 46.2 Å². The zero-order valence-corrected chi connectivity index (χ0v) is 19.7. The summed E-state index contributed by atoms with van der Waals surface area (Å²) in [5.41, 5.74) is 6.86. The maximum absolute atomic E-state index is 3.30. The maximum atomic E-state index is 3.30. The van der Waals surface area contributed by atoms with Crippen molar-refractivity contribution in [1.82, 2.24) is 0 Å². The largest absolute Gasteiger partial charge is 4.00 e. The topological polar surface area (TPSA) is 0 Å². The fourth-order valence-corrected chi connectivity index (χ4v) is 3.30. The predicted molar refractivity (Wildman–Crippen MR) is 116 cm³/mol. The molecular weight excluding hydrogens is 420 g/mol. The number of hydrogen-bond acceptors (Lipinski definition) is 0. The average molecular weight is 444 g/mol. The van der Waals surface area contributed by atoms with E-state index in [0.29, 0.717) is 0 Å². The van der Waals surface area contributed by atoms with Crippen molar-refractivity contribution < 1.29 is 26.2 Å². The Balaban J connectivity index is 0.000000447. The van der Waals surface area contributed by atoms with Gasteiger partial charge in [0.1, 0.15) is 0 Å². The van der Waals surface area contributed by atoms with Gasteiger partial charge in [0.05, 0.1) is 0 Å². The summed E-state index contributed by atoms with van der Waals surface area (Å²) in [4.78, 5) is 0. The van der Waals surface area contributed by atoms with Gasteiger partial charge in [-0.2, -0.15) is 35.9 Å². The molecule has 0 aliphatic heterocycles. The van der Waals surface area contributed by atoms with E-state index in [1.165, 1.54) is 38.6 Å². The summed E-state index contributed by atoms with van der Waals surface area (Å²) in [7, 11) is 0. The van der Waals surface area contributed by atoms with Gasteiger partial charge in [-0.3, -0.25) is 0 Å². The van der Waals surface area contributed by atoms with Crippen LogP contribution in [0.3, 0.4) is 0 Å². The third kappa shape index (κ3) is 5.43. The molecule has 1 aliphatic rings. The van der Waals surface area contributed by atoms with E-state index < -0.39 is 0 Å². The van der Waals surface area contributed by atoms with Crippen molar-refractivity contribution in [1.29, 1.82) is 0 Å². The van der Waals surface area contributed by atoms with Crippen molar-refractivity contribution in [3.8, 4) is 11.1 Å². The number of aryl methyl sites for hydroxylation is 1. The molecule has 4 radical (unpaired) electrons. The molecule has 0 saturated heterocycles. The van der Waals surface area contributed by atoms with Crippen LogP contribution in [0.1, 0.15) is 16.7 Å². The molecule has 0 saturated carbocycles. The molecule has 132 valence electrons. The molecule has 0 atom stereocenters. The quantitative estimate of drug-likeness (QED) is 0.191. The summed E-state index contributed by atoms with van der Waals surface area (Å²) >= 11 is 0. The van der Waals surface area contributed by atoms with Crippen LogP contribution in [0.25, 0.3) is 21.9 Å². The summed E-state index contributed by atoms with van der Waals surface area (Å²) in [6.07, 6.45) is 1.05. The van der Waals surface area contributed by atoms with Crippen LogP contribution in [0.2, 0.25) is 0 Å². The summed E-state index contributed by atoms with van der Waals surface area (Å²) in [6.45, 7) is 2.12. The van der Waals surface area contributed by atoms with E-state index in [2.05, 4.69) is 85.8 Å². The van der Waals surface area contributed by atoms with Gasteiger partial charge in [0.15, 0.2) is 0 Å². The van der Waals surface area contributed by atoms with Crippen molar-refractivity contribution in [3.05, 3.63) is 116 Å². The first-order chi connectivity index (χ1) is 11.3. The Hall–Kier alpha value is -1.63. The molecule has 0 fully saturated rings. The smallest absolute Gasteiger partial charge is 0.358 e. The molecule has 1 aliphatic carbocycles. The number of hydrogen-bond donors (Lipinski definition) is 0. The Labute approximate surface area is 188 Å². The van der Waals surface area contributed by atoms with Crippen LogP contribution in [0, 0.1) is 27.8 Å². The maximum Gasteiger partial charge on any atom is 4.00 e. The predicted octanol–water partition coefficient (Wildman–Crippen LogP) is 6.44. The molecule has 0 heterocycles. The Kier molecular flexibility index (Phi) is 10.6. The van der Waals surface area contributed by atoms with Crippen LogP contribution in [-0.2, 0) is 32.6 Å². The molecule has 0 bridgehead atoms. The normalized spacial score (nSPS) is 9.81. The van der Waals surface area contributed by atoms with Gasteiger partial charge in [0.2, 0.25) is 0 Å². The second kappa shape index (κ2) is 11.3. The minimum absolute atomic E-state index is 0. The van der Waals surface area contributed by atoms with Gasteiger partial charge >= 0.3 is 26.2 Å². The first-order valence-corrected chi connectivity index (χ1v) is 8.01. The van der Waals surface area contributed by atoms with Crippen molar-refractivity contribution in [2.75, 3.05) is 0 Å². The summed E-state index contributed by atoms with van der Waals surface area (Å²) in [6, 6.07) is 30.9. The van der Waals surface area contributed by atoms with E-state index in [9.17, 15) is 0 Å². The Morgan fingerprint density at radius 1 is 0.852 bits per heavy atom. The summed E-state index contributed by atoms with van der Waals surface area (Å²) < 4.78 is 0. The Morgan fingerprint density at radius 2 is 1.52 bits per heavy atom. The minimum atomic E-state index is 0. The van der Waals surface area contributed by atoms with E-state index in [1.54, 1.807) is 0 Å². The van der Waals surface area contributed by atoms with Crippen LogP contribution in [-0.4, -0.2) is 11.0 Å². The molecule has 0 unspecified atom stereocenters. The van der Waals surface area contributed by atoms with E-state index in [1.807, 2.05) is 6.07 Å². The number of fused-ring (bicyclic) bond motifs is 4.